The van der Waals surface area contributed by atoms with Crippen LogP contribution in [0.25, 0.3) is 0 Å². The highest BCUT2D eigenvalue weighted by Crippen LogP contribution is 2.13. The second-order valence-electron chi connectivity index (χ2n) is 4.63. The van der Waals surface area contributed by atoms with Crippen LogP contribution in [0.5, 0.6) is 0 Å². The highest BCUT2D eigenvalue weighted by atomic mass is 19.4. The summed E-state index contributed by atoms with van der Waals surface area (Å²) in [6.07, 6.45) is -2.82. The van der Waals surface area contributed by atoms with Crippen molar-refractivity contribution in [3.05, 3.63) is 0 Å². The van der Waals surface area contributed by atoms with E-state index in [9.17, 15) is 22.8 Å². The molecule has 1 saturated heterocycles. The molecule has 0 aromatic carbocycles. The molecule has 110 valence electrons. The molecule has 0 radical (unpaired) electrons. The Bertz CT molecular complexity index is 328. The maximum atomic E-state index is 11.9. The predicted molar refractivity (Wildman–Crippen MR) is 62.3 cm³/mol. The topological polar surface area (TPSA) is 61.4 Å². The minimum absolute atomic E-state index is 0.200. The maximum Gasteiger partial charge on any atom is 0.405 e. The lowest BCUT2D eigenvalue weighted by Crippen LogP contribution is -2.46. The highest BCUT2D eigenvalue weighted by molar-refractivity contribution is 5.85. The maximum absolute atomic E-state index is 11.9. The molecular formula is C11H18F3N3O2. The first kappa shape index (κ1) is 15.7. The van der Waals surface area contributed by atoms with Gasteiger partial charge in [-0.25, -0.2) is 0 Å². The van der Waals surface area contributed by atoms with Crippen molar-refractivity contribution in [1.82, 2.24) is 15.5 Å². The van der Waals surface area contributed by atoms with E-state index in [1.54, 1.807) is 5.32 Å². The van der Waals surface area contributed by atoms with Crippen LogP contribution in [-0.4, -0.2) is 56.1 Å². The van der Waals surface area contributed by atoms with Gasteiger partial charge in [-0.2, -0.15) is 13.2 Å². The largest absolute Gasteiger partial charge is 0.405 e. The first-order valence-corrected chi connectivity index (χ1v) is 6.09. The van der Waals surface area contributed by atoms with Crippen molar-refractivity contribution < 1.29 is 22.8 Å². The molecule has 2 amide bonds. The van der Waals surface area contributed by atoms with Crippen LogP contribution in [0.2, 0.25) is 0 Å². The fourth-order valence-corrected chi connectivity index (χ4v) is 1.92. The van der Waals surface area contributed by atoms with Gasteiger partial charge in [0.15, 0.2) is 0 Å². The Morgan fingerprint density at radius 1 is 1.42 bits per heavy atom. The highest BCUT2D eigenvalue weighted by Gasteiger charge is 2.29. The van der Waals surface area contributed by atoms with Gasteiger partial charge in [0.2, 0.25) is 11.8 Å². The van der Waals surface area contributed by atoms with Crippen LogP contribution in [0.3, 0.4) is 0 Å². The van der Waals surface area contributed by atoms with Gasteiger partial charge in [0.05, 0.1) is 12.5 Å². The van der Waals surface area contributed by atoms with Crippen molar-refractivity contribution in [2.75, 3.05) is 33.2 Å². The molecule has 1 unspecified atom stereocenters. The van der Waals surface area contributed by atoms with Crippen LogP contribution < -0.4 is 10.6 Å². The fourth-order valence-electron chi connectivity index (χ4n) is 1.92. The second-order valence-corrected chi connectivity index (χ2v) is 4.63. The molecule has 8 heteroatoms. The predicted octanol–water partition coefficient (Wildman–Crippen LogP) is 0.123. The second kappa shape index (κ2) is 6.74. The first-order chi connectivity index (χ1) is 8.79. The van der Waals surface area contributed by atoms with E-state index in [2.05, 4.69) is 5.32 Å². The van der Waals surface area contributed by atoms with Gasteiger partial charge in [0.1, 0.15) is 6.54 Å². The normalized spacial score (nSPS) is 19.9. The number of halogens is 3. The number of nitrogens with zero attached hydrogens (tertiary/aromatic N) is 1. The number of nitrogens with one attached hydrogen (secondary N) is 2. The average Bonchev–Trinajstić information content (AvgIpc) is 2.35. The summed E-state index contributed by atoms with van der Waals surface area (Å²) in [5.74, 6) is -1.22. The molecule has 5 nitrogen and oxygen atoms in total. The van der Waals surface area contributed by atoms with Crippen molar-refractivity contribution >= 4 is 11.8 Å². The number of piperidine rings is 1. The van der Waals surface area contributed by atoms with Gasteiger partial charge >= 0.3 is 6.18 Å². The lowest BCUT2D eigenvalue weighted by molar-refractivity contribution is -0.143. The molecule has 19 heavy (non-hydrogen) atoms. The number of carbonyl (C=O) groups is 2. The van der Waals surface area contributed by atoms with E-state index >= 15 is 0 Å². The van der Waals surface area contributed by atoms with Gasteiger partial charge in [-0.3, -0.25) is 9.59 Å². The Balaban J connectivity index is 2.34. The summed E-state index contributed by atoms with van der Waals surface area (Å²) >= 11 is 0. The van der Waals surface area contributed by atoms with Gasteiger partial charge in [0.25, 0.3) is 0 Å². The third-order valence-corrected chi connectivity index (χ3v) is 2.89. The van der Waals surface area contributed by atoms with Crippen molar-refractivity contribution in [2.45, 2.75) is 19.0 Å². The lowest BCUT2D eigenvalue weighted by atomic mass is 9.98. The summed E-state index contributed by atoms with van der Waals surface area (Å²) in [7, 11) is 1.42. The summed E-state index contributed by atoms with van der Waals surface area (Å²) in [4.78, 5) is 24.4. The standard InChI is InChI=1S/C11H18F3N3O2/c1-17(6-9(18)16-7-11(12,13)14)10(19)8-3-2-4-15-5-8/h8,15H,2-7H2,1H3,(H,16,18). The van der Waals surface area contributed by atoms with Crippen LogP contribution in [0.15, 0.2) is 0 Å². The molecule has 0 spiro atoms. The molecule has 1 heterocycles. The van der Waals surface area contributed by atoms with Gasteiger partial charge in [-0.15, -0.1) is 0 Å². The molecule has 0 aromatic heterocycles. The number of carbonyl (C=O) groups excluding carboxylic acids is 2. The van der Waals surface area contributed by atoms with Crippen molar-refractivity contribution in [3.8, 4) is 0 Å². The smallest absolute Gasteiger partial charge is 0.345 e. The van der Waals surface area contributed by atoms with E-state index in [-0.39, 0.29) is 18.4 Å². The number of likely N-dealkylation sites (N-methyl/N-ethyl adjacent to an activating group) is 1. The number of hydrogen-bond acceptors (Lipinski definition) is 3. The molecule has 2 N–H and O–H groups in total. The number of alkyl halides is 3. The minimum Gasteiger partial charge on any atom is -0.345 e. The van der Waals surface area contributed by atoms with Crippen LogP contribution in [0, 0.1) is 5.92 Å². The van der Waals surface area contributed by atoms with Crippen LogP contribution in [0.4, 0.5) is 13.2 Å². The molecule has 0 bridgehead atoms. The number of amides is 2. The van der Waals surface area contributed by atoms with E-state index in [4.69, 9.17) is 0 Å². The summed E-state index contributed by atoms with van der Waals surface area (Å²) in [6, 6.07) is 0. The zero-order chi connectivity index (χ0) is 14.5. The fraction of sp³-hybridized carbons (Fsp3) is 0.818. The third-order valence-electron chi connectivity index (χ3n) is 2.89. The SMILES string of the molecule is CN(CC(=O)NCC(F)(F)F)C(=O)C1CCCNC1. The zero-order valence-electron chi connectivity index (χ0n) is 10.7. The molecule has 1 fully saturated rings. The monoisotopic (exact) mass is 281 g/mol. The first-order valence-electron chi connectivity index (χ1n) is 6.09. The molecule has 0 aliphatic carbocycles. The van der Waals surface area contributed by atoms with E-state index in [1.807, 2.05) is 0 Å². The van der Waals surface area contributed by atoms with Gasteiger partial charge in [-0.1, -0.05) is 0 Å². The Labute approximate surface area is 109 Å². The van der Waals surface area contributed by atoms with Crippen molar-refractivity contribution in [3.63, 3.8) is 0 Å². The Morgan fingerprint density at radius 3 is 2.63 bits per heavy atom. The summed E-state index contributed by atoms with van der Waals surface area (Å²) in [6.45, 7) is -0.322. The van der Waals surface area contributed by atoms with Crippen molar-refractivity contribution in [1.29, 1.82) is 0 Å². The molecule has 1 rings (SSSR count). The van der Waals surface area contributed by atoms with E-state index < -0.39 is 18.6 Å². The van der Waals surface area contributed by atoms with Crippen molar-refractivity contribution in [2.24, 2.45) is 5.92 Å². The third kappa shape index (κ3) is 5.91. The van der Waals surface area contributed by atoms with Crippen LogP contribution in [-0.2, 0) is 9.59 Å². The quantitative estimate of drug-likeness (QED) is 0.769. The summed E-state index contributed by atoms with van der Waals surface area (Å²) in [5, 5.41) is 4.81. The molecule has 0 aromatic rings. The van der Waals surface area contributed by atoms with Crippen LogP contribution >= 0.6 is 0 Å². The average molecular weight is 281 g/mol. The summed E-state index contributed by atoms with van der Waals surface area (Å²) < 4.78 is 35.7. The number of rotatable bonds is 4. The molecule has 1 aliphatic heterocycles. The van der Waals surface area contributed by atoms with E-state index in [1.165, 1.54) is 11.9 Å². The summed E-state index contributed by atoms with van der Waals surface area (Å²) in [5.41, 5.74) is 0. The Morgan fingerprint density at radius 2 is 2.11 bits per heavy atom. The molecule has 1 aliphatic rings. The number of hydrogen-bond donors (Lipinski definition) is 2. The Kier molecular flexibility index (Phi) is 5.59. The zero-order valence-corrected chi connectivity index (χ0v) is 10.7. The minimum atomic E-state index is -4.44. The lowest BCUT2D eigenvalue weighted by Gasteiger charge is -2.26. The van der Waals surface area contributed by atoms with E-state index in [0.717, 1.165) is 19.4 Å². The van der Waals surface area contributed by atoms with Gasteiger partial charge in [0, 0.05) is 13.6 Å². The van der Waals surface area contributed by atoms with Gasteiger partial charge in [-0.05, 0) is 19.4 Å². The molecule has 0 saturated carbocycles. The molecule has 1 atom stereocenters. The molecular weight excluding hydrogens is 263 g/mol. The van der Waals surface area contributed by atoms with Crippen LogP contribution in [0.1, 0.15) is 12.8 Å². The Hall–Kier alpha value is -1.31. The van der Waals surface area contributed by atoms with E-state index in [0.29, 0.717) is 6.54 Å². The van der Waals surface area contributed by atoms with Gasteiger partial charge < -0.3 is 15.5 Å².